The van der Waals surface area contributed by atoms with Crippen LogP contribution in [0.2, 0.25) is 0 Å². The summed E-state index contributed by atoms with van der Waals surface area (Å²) in [6.07, 6.45) is 0.619. The molecule has 5 heteroatoms. The molecule has 17 heavy (non-hydrogen) atoms. The maximum absolute atomic E-state index is 10.7. The van der Waals surface area contributed by atoms with Gasteiger partial charge in [0.2, 0.25) is 11.7 Å². The minimum Gasteiger partial charge on any atom is -0.504 e. The first-order valence-corrected chi connectivity index (χ1v) is 5.26. The Bertz CT molecular complexity index is 404. The maximum Gasteiger partial charge on any atom is 0.216 e. The SMILES string of the molecule is COc1cc(CCNC(C)=O)cc(O)c1OC. The van der Waals surface area contributed by atoms with Gasteiger partial charge < -0.3 is 19.9 Å². The molecule has 2 N–H and O–H groups in total. The van der Waals surface area contributed by atoms with Crippen LogP contribution in [0.5, 0.6) is 17.2 Å². The van der Waals surface area contributed by atoms with E-state index >= 15 is 0 Å². The number of hydrogen-bond acceptors (Lipinski definition) is 4. The number of benzene rings is 1. The second-order valence-corrected chi connectivity index (χ2v) is 3.58. The highest BCUT2D eigenvalue weighted by atomic mass is 16.5. The van der Waals surface area contributed by atoms with Crippen LogP contribution in [-0.4, -0.2) is 31.8 Å². The average Bonchev–Trinajstić information content (AvgIpc) is 2.27. The lowest BCUT2D eigenvalue weighted by molar-refractivity contribution is -0.118. The smallest absolute Gasteiger partial charge is 0.216 e. The Labute approximate surface area is 100 Å². The molecular weight excluding hydrogens is 222 g/mol. The number of methoxy groups -OCH3 is 2. The largest absolute Gasteiger partial charge is 0.504 e. The molecule has 0 atom stereocenters. The van der Waals surface area contributed by atoms with Crippen LogP contribution in [0.4, 0.5) is 0 Å². The van der Waals surface area contributed by atoms with Gasteiger partial charge in [-0.1, -0.05) is 0 Å². The Balaban J connectivity index is 2.80. The summed E-state index contributed by atoms with van der Waals surface area (Å²) in [6, 6.07) is 3.38. The first-order valence-electron chi connectivity index (χ1n) is 5.26. The number of aromatic hydroxyl groups is 1. The molecule has 0 bridgehead atoms. The van der Waals surface area contributed by atoms with Crippen LogP contribution in [0.25, 0.3) is 0 Å². The van der Waals surface area contributed by atoms with E-state index in [1.54, 1.807) is 12.1 Å². The van der Waals surface area contributed by atoms with E-state index in [0.29, 0.717) is 24.5 Å². The first-order chi connectivity index (χ1) is 8.08. The van der Waals surface area contributed by atoms with Gasteiger partial charge in [-0.2, -0.15) is 0 Å². The molecule has 0 saturated carbocycles. The molecule has 0 fully saturated rings. The van der Waals surface area contributed by atoms with E-state index in [9.17, 15) is 9.90 Å². The fraction of sp³-hybridized carbons (Fsp3) is 0.417. The zero-order chi connectivity index (χ0) is 12.8. The summed E-state index contributed by atoms with van der Waals surface area (Å²) in [5.41, 5.74) is 0.869. The van der Waals surface area contributed by atoms with Crippen molar-refractivity contribution < 1.29 is 19.4 Å². The fourth-order valence-electron chi connectivity index (χ4n) is 1.53. The number of amides is 1. The molecule has 1 aromatic carbocycles. The third-order valence-corrected chi connectivity index (χ3v) is 2.31. The molecule has 0 radical (unpaired) electrons. The summed E-state index contributed by atoms with van der Waals surface area (Å²) in [5, 5.41) is 12.4. The van der Waals surface area contributed by atoms with Crippen molar-refractivity contribution in [2.75, 3.05) is 20.8 Å². The van der Waals surface area contributed by atoms with Gasteiger partial charge in [0.1, 0.15) is 0 Å². The second-order valence-electron chi connectivity index (χ2n) is 3.58. The zero-order valence-electron chi connectivity index (χ0n) is 10.2. The van der Waals surface area contributed by atoms with E-state index in [-0.39, 0.29) is 11.7 Å². The van der Waals surface area contributed by atoms with E-state index in [4.69, 9.17) is 9.47 Å². The molecule has 94 valence electrons. The molecule has 0 saturated heterocycles. The highest BCUT2D eigenvalue weighted by Crippen LogP contribution is 2.37. The minimum atomic E-state index is -0.0744. The van der Waals surface area contributed by atoms with E-state index in [0.717, 1.165) is 5.56 Å². The van der Waals surface area contributed by atoms with Crippen molar-refractivity contribution in [3.63, 3.8) is 0 Å². The van der Waals surface area contributed by atoms with Crippen molar-refractivity contribution in [1.29, 1.82) is 0 Å². The summed E-state index contributed by atoms with van der Waals surface area (Å²) in [4.78, 5) is 10.7. The molecule has 1 amide bonds. The molecule has 0 aliphatic rings. The fourth-order valence-corrected chi connectivity index (χ4v) is 1.53. The summed E-state index contributed by atoms with van der Waals surface area (Å²) in [7, 11) is 2.98. The second kappa shape index (κ2) is 5.98. The van der Waals surface area contributed by atoms with Crippen LogP contribution in [0.3, 0.4) is 0 Å². The normalized spacial score (nSPS) is 9.82. The molecule has 0 aromatic heterocycles. The Morgan fingerprint density at radius 1 is 1.35 bits per heavy atom. The van der Waals surface area contributed by atoms with Gasteiger partial charge in [-0.15, -0.1) is 0 Å². The maximum atomic E-state index is 10.7. The number of ether oxygens (including phenoxy) is 2. The number of carbonyl (C=O) groups excluding carboxylic acids is 1. The van der Waals surface area contributed by atoms with Crippen LogP contribution < -0.4 is 14.8 Å². The van der Waals surface area contributed by atoms with Gasteiger partial charge in [0.15, 0.2) is 11.5 Å². The summed E-state index contributed by atoms with van der Waals surface area (Å²) >= 11 is 0. The standard InChI is InChI=1S/C12H17NO4/c1-8(14)13-5-4-9-6-10(15)12(17-3)11(7-9)16-2/h6-7,15H,4-5H2,1-3H3,(H,13,14). The number of carbonyl (C=O) groups is 1. The molecule has 0 aliphatic heterocycles. The van der Waals surface area contributed by atoms with Gasteiger partial charge >= 0.3 is 0 Å². The van der Waals surface area contributed by atoms with Crippen LogP contribution in [-0.2, 0) is 11.2 Å². The van der Waals surface area contributed by atoms with Crippen LogP contribution in [0.15, 0.2) is 12.1 Å². The Kier molecular flexibility index (Phi) is 4.63. The lowest BCUT2D eigenvalue weighted by atomic mass is 10.1. The van der Waals surface area contributed by atoms with Crippen molar-refractivity contribution in [2.45, 2.75) is 13.3 Å². The van der Waals surface area contributed by atoms with Crippen LogP contribution >= 0.6 is 0 Å². The Morgan fingerprint density at radius 3 is 2.59 bits per heavy atom. The number of phenols is 1. The predicted molar refractivity (Wildman–Crippen MR) is 63.6 cm³/mol. The highest BCUT2D eigenvalue weighted by Gasteiger charge is 2.11. The lowest BCUT2D eigenvalue weighted by Crippen LogP contribution is -2.22. The van der Waals surface area contributed by atoms with E-state index in [1.807, 2.05) is 0 Å². The minimum absolute atomic E-state index is 0.0321. The van der Waals surface area contributed by atoms with E-state index in [2.05, 4.69) is 5.32 Å². The molecule has 0 aliphatic carbocycles. The average molecular weight is 239 g/mol. The highest BCUT2D eigenvalue weighted by molar-refractivity contribution is 5.72. The molecule has 0 unspecified atom stereocenters. The van der Waals surface area contributed by atoms with Crippen molar-refractivity contribution in [2.24, 2.45) is 0 Å². The number of nitrogens with one attached hydrogen (secondary N) is 1. The van der Waals surface area contributed by atoms with Gasteiger partial charge in [-0.3, -0.25) is 4.79 Å². The summed E-state index contributed by atoms with van der Waals surface area (Å²) in [5.74, 6) is 0.750. The number of phenolic OH excluding ortho intramolecular Hbond substituents is 1. The third-order valence-electron chi connectivity index (χ3n) is 2.31. The molecule has 0 heterocycles. The van der Waals surface area contributed by atoms with Crippen LogP contribution in [0, 0.1) is 0 Å². The van der Waals surface area contributed by atoms with Crippen molar-refractivity contribution in [3.05, 3.63) is 17.7 Å². The summed E-state index contributed by atoms with van der Waals surface area (Å²) < 4.78 is 10.1. The summed E-state index contributed by atoms with van der Waals surface area (Å²) in [6.45, 7) is 1.98. The first kappa shape index (κ1) is 13.2. The Morgan fingerprint density at radius 2 is 2.06 bits per heavy atom. The van der Waals surface area contributed by atoms with Crippen LogP contribution in [0.1, 0.15) is 12.5 Å². The van der Waals surface area contributed by atoms with Crippen molar-refractivity contribution >= 4 is 5.91 Å². The lowest BCUT2D eigenvalue weighted by Gasteiger charge is -2.11. The number of hydrogen-bond donors (Lipinski definition) is 2. The van der Waals surface area contributed by atoms with E-state index < -0.39 is 0 Å². The monoisotopic (exact) mass is 239 g/mol. The topological polar surface area (TPSA) is 67.8 Å². The van der Waals surface area contributed by atoms with Gasteiger partial charge in [0.05, 0.1) is 14.2 Å². The predicted octanol–water partition coefficient (Wildman–Crippen LogP) is 1.09. The van der Waals surface area contributed by atoms with Gasteiger partial charge in [0.25, 0.3) is 0 Å². The van der Waals surface area contributed by atoms with Gasteiger partial charge in [0, 0.05) is 13.5 Å². The Hall–Kier alpha value is -1.91. The van der Waals surface area contributed by atoms with Gasteiger partial charge in [-0.25, -0.2) is 0 Å². The molecular formula is C12H17NO4. The van der Waals surface area contributed by atoms with Gasteiger partial charge in [-0.05, 0) is 24.1 Å². The molecule has 1 rings (SSSR count). The van der Waals surface area contributed by atoms with E-state index in [1.165, 1.54) is 21.1 Å². The van der Waals surface area contributed by atoms with Crippen molar-refractivity contribution in [1.82, 2.24) is 5.32 Å². The zero-order valence-corrected chi connectivity index (χ0v) is 10.2. The molecule has 1 aromatic rings. The third kappa shape index (κ3) is 3.55. The van der Waals surface area contributed by atoms with Crippen molar-refractivity contribution in [3.8, 4) is 17.2 Å². The molecule has 0 spiro atoms. The number of rotatable bonds is 5. The quantitative estimate of drug-likeness (QED) is 0.807. The molecule has 5 nitrogen and oxygen atoms in total.